The number of carboxylic acids is 1. The Morgan fingerprint density at radius 2 is 1.71 bits per heavy atom. The van der Waals surface area contributed by atoms with Crippen molar-refractivity contribution in [1.82, 2.24) is 5.32 Å². The molecule has 0 saturated carbocycles. The van der Waals surface area contributed by atoms with Crippen LogP contribution in [0.2, 0.25) is 0 Å². The van der Waals surface area contributed by atoms with Crippen LogP contribution in [0.1, 0.15) is 6.42 Å². The summed E-state index contributed by atoms with van der Waals surface area (Å²) < 4.78 is 27.2. The van der Waals surface area contributed by atoms with Gasteiger partial charge in [0.25, 0.3) is 5.79 Å². The number of benzene rings is 1. The standard InChI is InChI=1S/C24H35NO16/c1-37-10-2-4-11(5-3-10)38-22-19(34)21(18(33)14(8-27)39-22)41-24(23(35)36)6-12(29)16(25-15(31)9-28)20(40-24)17(32)13(30)7-26/h2-5,12-14,16-22,26-30,32-34H,6-9H2,1H3,(H,25,31)(H,35,36)/t12-,13+,14+,16+,17+,18+,19-,20+,21-,22+,24-/m0/s1. The Balaban J connectivity index is 1.94. The van der Waals surface area contributed by atoms with Gasteiger partial charge in [-0.1, -0.05) is 0 Å². The molecule has 17 heteroatoms. The van der Waals surface area contributed by atoms with E-state index in [0.717, 1.165) is 0 Å². The van der Waals surface area contributed by atoms with Crippen LogP contribution in [-0.4, -0.2) is 152 Å². The summed E-state index contributed by atoms with van der Waals surface area (Å²) >= 11 is 0. The van der Waals surface area contributed by atoms with Crippen LogP contribution >= 0.6 is 0 Å². The van der Waals surface area contributed by atoms with Crippen LogP contribution in [0.25, 0.3) is 0 Å². The van der Waals surface area contributed by atoms with E-state index in [2.05, 4.69) is 5.32 Å². The van der Waals surface area contributed by atoms with Crippen molar-refractivity contribution in [2.24, 2.45) is 0 Å². The van der Waals surface area contributed by atoms with Crippen LogP contribution in [0.4, 0.5) is 0 Å². The predicted molar refractivity (Wildman–Crippen MR) is 130 cm³/mol. The molecule has 0 bridgehead atoms. The van der Waals surface area contributed by atoms with Crippen LogP contribution in [0, 0.1) is 0 Å². The van der Waals surface area contributed by atoms with E-state index in [1.54, 1.807) is 0 Å². The average molecular weight is 594 g/mol. The molecule has 2 aliphatic heterocycles. The number of carboxylic acid groups (broad SMARTS) is 1. The van der Waals surface area contributed by atoms with Crippen LogP contribution in [0.5, 0.6) is 11.5 Å². The van der Waals surface area contributed by atoms with E-state index in [-0.39, 0.29) is 5.75 Å². The van der Waals surface area contributed by atoms with Crippen molar-refractivity contribution in [3.8, 4) is 11.5 Å². The molecule has 2 saturated heterocycles. The molecule has 1 aromatic rings. The Kier molecular flexibility index (Phi) is 11.2. The SMILES string of the molecule is COc1ccc(O[C@@H]2O[C@H](CO)[C@@H](O)[C@H](O[C@]3(C(=O)O)C[C@H](O)[C@@H](NC(=O)CO)[C@H]([C@H](O)[C@H](O)CO)O3)[C@@H]2O)cc1. The van der Waals surface area contributed by atoms with Gasteiger partial charge in [0, 0.05) is 6.42 Å². The Morgan fingerprint density at radius 3 is 2.24 bits per heavy atom. The van der Waals surface area contributed by atoms with Crippen molar-refractivity contribution >= 4 is 11.9 Å². The summed E-state index contributed by atoms with van der Waals surface area (Å²) in [6.07, 6.45) is -17.6. The largest absolute Gasteiger partial charge is 0.497 e. The molecule has 2 aliphatic rings. The van der Waals surface area contributed by atoms with Gasteiger partial charge in [-0.2, -0.15) is 0 Å². The number of nitrogens with one attached hydrogen (secondary N) is 1. The van der Waals surface area contributed by atoms with Crippen molar-refractivity contribution in [2.45, 2.75) is 73.4 Å². The Labute approximate surface area is 233 Å². The highest BCUT2D eigenvalue weighted by Crippen LogP contribution is 2.37. The lowest BCUT2D eigenvalue weighted by atomic mass is 9.88. The van der Waals surface area contributed by atoms with Gasteiger partial charge in [-0.3, -0.25) is 4.79 Å². The predicted octanol–water partition coefficient (Wildman–Crippen LogP) is -4.98. The smallest absolute Gasteiger partial charge is 0.364 e. The number of aliphatic hydroxyl groups is 8. The van der Waals surface area contributed by atoms with Crippen molar-refractivity contribution < 1.29 is 79.2 Å². The summed E-state index contributed by atoms with van der Waals surface area (Å²) in [5, 5.41) is 93.6. The molecule has 232 valence electrons. The van der Waals surface area contributed by atoms with Gasteiger partial charge in [0.05, 0.1) is 32.5 Å². The third-order valence-corrected chi connectivity index (χ3v) is 6.75. The summed E-state index contributed by atoms with van der Waals surface area (Å²) in [4.78, 5) is 24.3. The molecular formula is C24H35NO16. The van der Waals surface area contributed by atoms with E-state index in [1.807, 2.05) is 0 Å². The Morgan fingerprint density at radius 1 is 1.07 bits per heavy atom. The number of carbonyl (C=O) groups excluding carboxylic acids is 1. The number of amides is 1. The van der Waals surface area contributed by atoms with E-state index in [1.165, 1.54) is 31.4 Å². The maximum atomic E-state index is 12.5. The summed E-state index contributed by atoms with van der Waals surface area (Å²) in [6.45, 7) is -2.90. The van der Waals surface area contributed by atoms with E-state index in [0.29, 0.717) is 5.75 Å². The van der Waals surface area contributed by atoms with Gasteiger partial charge >= 0.3 is 5.97 Å². The van der Waals surface area contributed by atoms with Crippen molar-refractivity contribution in [3.63, 3.8) is 0 Å². The lowest BCUT2D eigenvalue weighted by molar-refractivity contribution is -0.363. The van der Waals surface area contributed by atoms with E-state index < -0.39 is 105 Å². The molecule has 1 aromatic carbocycles. The molecule has 17 nitrogen and oxygen atoms in total. The number of aliphatic hydroxyl groups excluding tert-OH is 8. The van der Waals surface area contributed by atoms with E-state index in [9.17, 15) is 50.4 Å². The van der Waals surface area contributed by atoms with Crippen LogP contribution in [0.15, 0.2) is 24.3 Å². The van der Waals surface area contributed by atoms with Gasteiger partial charge in [-0.05, 0) is 24.3 Å². The first kappa shape index (κ1) is 32.8. The molecule has 0 radical (unpaired) electrons. The molecular weight excluding hydrogens is 558 g/mol. The molecule has 41 heavy (non-hydrogen) atoms. The molecule has 1 amide bonds. The number of aliphatic carboxylic acids is 1. The first-order valence-electron chi connectivity index (χ1n) is 12.5. The molecule has 3 rings (SSSR count). The third kappa shape index (κ3) is 7.22. The lowest BCUT2D eigenvalue weighted by Gasteiger charge is -2.49. The number of hydrogen-bond acceptors (Lipinski definition) is 15. The minimum absolute atomic E-state index is 0.155. The number of methoxy groups -OCH3 is 1. The first-order chi connectivity index (χ1) is 19.4. The highest BCUT2D eigenvalue weighted by molar-refractivity contribution is 5.78. The van der Waals surface area contributed by atoms with Gasteiger partial charge < -0.3 is 75.0 Å². The van der Waals surface area contributed by atoms with Gasteiger partial charge in [-0.25, -0.2) is 4.79 Å². The Bertz CT molecular complexity index is 1010. The van der Waals surface area contributed by atoms with Gasteiger partial charge in [-0.15, -0.1) is 0 Å². The van der Waals surface area contributed by atoms with Crippen LogP contribution < -0.4 is 14.8 Å². The summed E-state index contributed by atoms with van der Waals surface area (Å²) in [5.41, 5.74) is 0. The fourth-order valence-electron chi connectivity index (χ4n) is 4.54. The van der Waals surface area contributed by atoms with Gasteiger partial charge in [0.2, 0.25) is 12.2 Å². The zero-order valence-electron chi connectivity index (χ0n) is 21.8. The fraction of sp³-hybridized carbons (Fsp3) is 0.667. The van der Waals surface area contributed by atoms with Crippen molar-refractivity contribution in [3.05, 3.63) is 24.3 Å². The second kappa shape index (κ2) is 14.0. The van der Waals surface area contributed by atoms with E-state index in [4.69, 9.17) is 28.8 Å². The Hall–Kier alpha value is -2.68. The normalized spacial score (nSPS) is 35.2. The topological polar surface area (TPSA) is 274 Å². The molecule has 0 spiro atoms. The number of ether oxygens (including phenoxy) is 5. The fourth-order valence-corrected chi connectivity index (χ4v) is 4.54. The highest BCUT2D eigenvalue weighted by atomic mass is 16.8. The highest BCUT2D eigenvalue weighted by Gasteiger charge is 2.59. The van der Waals surface area contributed by atoms with Crippen LogP contribution in [-0.2, 0) is 23.8 Å². The molecule has 2 fully saturated rings. The molecule has 0 unspecified atom stereocenters. The zero-order valence-corrected chi connectivity index (χ0v) is 21.8. The average Bonchev–Trinajstić information content (AvgIpc) is 2.97. The molecule has 0 aliphatic carbocycles. The monoisotopic (exact) mass is 593 g/mol. The van der Waals surface area contributed by atoms with Gasteiger partial charge in [0.15, 0.2) is 0 Å². The quantitative estimate of drug-likeness (QED) is 0.109. The lowest BCUT2D eigenvalue weighted by Crippen LogP contribution is -2.70. The molecule has 10 N–H and O–H groups in total. The van der Waals surface area contributed by atoms with Crippen LogP contribution in [0.3, 0.4) is 0 Å². The summed E-state index contributed by atoms with van der Waals surface area (Å²) in [5.74, 6) is -5.24. The zero-order chi connectivity index (χ0) is 30.5. The molecule has 0 aromatic heterocycles. The second-order valence-corrected chi connectivity index (χ2v) is 9.49. The maximum absolute atomic E-state index is 12.5. The van der Waals surface area contributed by atoms with Gasteiger partial charge in [0.1, 0.15) is 60.8 Å². The number of carbonyl (C=O) groups is 2. The minimum atomic E-state index is -2.94. The van der Waals surface area contributed by atoms with E-state index >= 15 is 0 Å². The molecule has 11 atom stereocenters. The summed E-state index contributed by atoms with van der Waals surface area (Å²) in [7, 11) is 1.44. The minimum Gasteiger partial charge on any atom is -0.497 e. The maximum Gasteiger partial charge on any atom is 0.364 e. The van der Waals surface area contributed by atoms with Crippen molar-refractivity contribution in [2.75, 3.05) is 26.9 Å². The second-order valence-electron chi connectivity index (χ2n) is 9.49. The summed E-state index contributed by atoms with van der Waals surface area (Å²) in [6, 6.07) is 4.38. The third-order valence-electron chi connectivity index (χ3n) is 6.75. The molecule has 2 heterocycles. The number of hydrogen-bond donors (Lipinski definition) is 10. The number of rotatable bonds is 12. The first-order valence-corrected chi connectivity index (χ1v) is 12.5. The van der Waals surface area contributed by atoms with Crippen molar-refractivity contribution in [1.29, 1.82) is 0 Å².